The van der Waals surface area contributed by atoms with Crippen molar-refractivity contribution in [3.63, 3.8) is 0 Å². The number of nitrogens with one attached hydrogen (secondary N) is 2. The van der Waals surface area contributed by atoms with Gasteiger partial charge in [-0.05, 0) is 43.3 Å². The van der Waals surface area contributed by atoms with Crippen LogP contribution in [-0.2, 0) is 0 Å². The number of hydrogen-bond acceptors (Lipinski definition) is 5. The molecule has 0 aliphatic carbocycles. The Kier molecular flexibility index (Phi) is 7.11. The number of carbonyl (C=O) groups excluding carboxylic acids is 2. The minimum absolute atomic E-state index is 0.000670. The van der Waals surface area contributed by atoms with Crippen molar-refractivity contribution in [2.45, 2.75) is 13.0 Å². The molecule has 3 aromatic rings. The SMILES string of the molecule is CC(C#N)NC(=O)c1ncc(NC(=O)c2cc(F)c(-c3ccc(F)cc3N)cc2Cl)cc1Cl. The molecule has 168 valence electrons. The van der Waals surface area contributed by atoms with Gasteiger partial charge >= 0.3 is 0 Å². The first-order valence-electron chi connectivity index (χ1n) is 9.32. The molecule has 0 saturated heterocycles. The van der Waals surface area contributed by atoms with Gasteiger partial charge in [0, 0.05) is 16.8 Å². The van der Waals surface area contributed by atoms with Gasteiger partial charge in [0.25, 0.3) is 11.8 Å². The number of nitriles is 1. The van der Waals surface area contributed by atoms with E-state index in [4.69, 9.17) is 34.2 Å². The number of hydrogen-bond donors (Lipinski definition) is 3. The summed E-state index contributed by atoms with van der Waals surface area (Å²) in [5.41, 5.74) is 5.80. The van der Waals surface area contributed by atoms with Crippen molar-refractivity contribution in [2.75, 3.05) is 11.1 Å². The summed E-state index contributed by atoms with van der Waals surface area (Å²) in [7, 11) is 0. The van der Waals surface area contributed by atoms with E-state index in [0.29, 0.717) is 0 Å². The Bertz CT molecular complexity index is 1310. The topological polar surface area (TPSA) is 121 Å². The highest BCUT2D eigenvalue weighted by Crippen LogP contribution is 2.33. The number of benzene rings is 2. The van der Waals surface area contributed by atoms with Crippen molar-refractivity contribution in [2.24, 2.45) is 0 Å². The Morgan fingerprint density at radius 2 is 1.82 bits per heavy atom. The van der Waals surface area contributed by atoms with Crippen molar-refractivity contribution >= 4 is 46.4 Å². The minimum Gasteiger partial charge on any atom is -0.398 e. The Morgan fingerprint density at radius 3 is 2.45 bits per heavy atom. The van der Waals surface area contributed by atoms with E-state index in [9.17, 15) is 18.4 Å². The summed E-state index contributed by atoms with van der Waals surface area (Å²) in [6, 6.07) is 7.99. The lowest BCUT2D eigenvalue weighted by Gasteiger charge is -2.12. The van der Waals surface area contributed by atoms with Crippen LogP contribution >= 0.6 is 23.2 Å². The van der Waals surface area contributed by atoms with Crippen molar-refractivity contribution in [1.82, 2.24) is 10.3 Å². The molecular formula is C22H15Cl2F2N5O2. The molecule has 0 fully saturated rings. The van der Waals surface area contributed by atoms with Crippen molar-refractivity contribution in [3.05, 3.63) is 75.5 Å². The molecule has 0 aliphatic heterocycles. The molecule has 4 N–H and O–H groups in total. The van der Waals surface area contributed by atoms with Crippen LogP contribution in [0.2, 0.25) is 10.0 Å². The fourth-order valence-electron chi connectivity index (χ4n) is 2.88. The molecule has 1 atom stereocenters. The molecule has 0 spiro atoms. The Hall–Kier alpha value is -3.74. The lowest BCUT2D eigenvalue weighted by Crippen LogP contribution is -2.32. The largest absolute Gasteiger partial charge is 0.398 e. The summed E-state index contributed by atoms with van der Waals surface area (Å²) in [5.74, 6) is -2.79. The lowest BCUT2D eigenvalue weighted by molar-refractivity contribution is 0.0942. The van der Waals surface area contributed by atoms with E-state index in [1.807, 2.05) is 6.07 Å². The number of rotatable bonds is 5. The predicted octanol–water partition coefficient (Wildman–Crippen LogP) is 4.81. The second kappa shape index (κ2) is 9.81. The van der Waals surface area contributed by atoms with Crippen molar-refractivity contribution in [3.8, 4) is 17.2 Å². The molecule has 11 heteroatoms. The molecule has 33 heavy (non-hydrogen) atoms. The van der Waals surface area contributed by atoms with Crippen LogP contribution in [0, 0.1) is 23.0 Å². The van der Waals surface area contributed by atoms with Gasteiger partial charge in [-0.2, -0.15) is 5.26 Å². The molecule has 7 nitrogen and oxygen atoms in total. The van der Waals surface area contributed by atoms with Crippen LogP contribution in [0.3, 0.4) is 0 Å². The van der Waals surface area contributed by atoms with Gasteiger partial charge in [0.2, 0.25) is 0 Å². The number of nitrogens with zero attached hydrogens (tertiary/aromatic N) is 2. The van der Waals surface area contributed by atoms with E-state index in [-0.39, 0.29) is 43.8 Å². The molecule has 0 radical (unpaired) electrons. The highest BCUT2D eigenvalue weighted by atomic mass is 35.5. The summed E-state index contributed by atoms with van der Waals surface area (Å²) < 4.78 is 28.0. The maximum atomic E-state index is 14.7. The summed E-state index contributed by atoms with van der Waals surface area (Å²) in [4.78, 5) is 28.6. The molecule has 2 amide bonds. The molecule has 3 rings (SSSR count). The van der Waals surface area contributed by atoms with Gasteiger partial charge in [0.15, 0.2) is 0 Å². The van der Waals surface area contributed by atoms with Crippen molar-refractivity contribution < 1.29 is 18.4 Å². The number of amides is 2. The number of pyridine rings is 1. The standard InChI is InChI=1S/C22H15Cl2F2N5O2/c1-10(8-27)30-22(33)20-17(24)5-12(9-29-20)31-21(32)15-7-18(26)14(6-16(15)23)13-3-2-11(25)4-19(13)28/h2-7,9-10H,28H2,1H3,(H,30,33)(H,31,32). The first-order valence-corrected chi connectivity index (χ1v) is 10.1. The summed E-state index contributed by atoms with van der Waals surface area (Å²) >= 11 is 12.3. The highest BCUT2D eigenvalue weighted by molar-refractivity contribution is 6.35. The zero-order valence-corrected chi connectivity index (χ0v) is 18.4. The van der Waals surface area contributed by atoms with Gasteiger partial charge in [0.1, 0.15) is 23.4 Å². The molecule has 1 aromatic heterocycles. The van der Waals surface area contributed by atoms with E-state index in [0.717, 1.165) is 18.2 Å². The van der Waals surface area contributed by atoms with Gasteiger partial charge in [0.05, 0.1) is 33.6 Å². The second-order valence-corrected chi connectivity index (χ2v) is 7.69. The van der Waals surface area contributed by atoms with Crippen LogP contribution in [0.25, 0.3) is 11.1 Å². The van der Waals surface area contributed by atoms with Crippen LogP contribution in [0.4, 0.5) is 20.2 Å². The highest BCUT2D eigenvalue weighted by Gasteiger charge is 2.19. The van der Waals surface area contributed by atoms with Crippen LogP contribution in [0.15, 0.2) is 42.6 Å². The lowest BCUT2D eigenvalue weighted by atomic mass is 10.0. The van der Waals surface area contributed by atoms with Gasteiger partial charge in [-0.3, -0.25) is 9.59 Å². The fraction of sp³-hybridized carbons (Fsp3) is 0.0909. The van der Waals surface area contributed by atoms with Crippen LogP contribution in [0.5, 0.6) is 0 Å². The zero-order valence-electron chi connectivity index (χ0n) is 16.9. The summed E-state index contributed by atoms with van der Waals surface area (Å²) in [6.07, 6.45) is 1.17. The molecular weight excluding hydrogens is 475 g/mol. The van der Waals surface area contributed by atoms with Gasteiger partial charge in [-0.15, -0.1) is 0 Å². The molecule has 1 heterocycles. The number of anilines is 2. The van der Waals surface area contributed by atoms with Gasteiger partial charge < -0.3 is 16.4 Å². The fourth-order valence-corrected chi connectivity index (χ4v) is 3.38. The minimum atomic E-state index is -0.794. The third kappa shape index (κ3) is 5.37. The molecule has 0 aliphatic rings. The Labute approximate surface area is 197 Å². The molecule has 2 aromatic carbocycles. The number of nitrogen functional groups attached to an aromatic ring is 1. The van der Waals surface area contributed by atoms with Crippen LogP contribution < -0.4 is 16.4 Å². The van der Waals surface area contributed by atoms with Crippen LogP contribution in [0.1, 0.15) is 27.8 Å². The van der Waals surface area contributed by atoms with Gasteiger partial charge in [-0.25, -0.2) is 13.8 Å². The molecule has 0 bridgehead atoms. The molecule has 1 unspecified atom stereocenters. The second-order valence-electron chi connectivity index (χ2n) is 6.88. The Balaban J connectivity index is 1.83. The predicted molar refractivity (Wildman–Crippen MR) is 121 cm³/mol. The number of carbonyl (C=O) groups is 2. The smallest absolute Gasteiger partial charge is 0.272 e. The van der Waals surface area contributed by atoms with E-state index in [2.05, 4.69) is 15.6 Å². The summed E-state index contributed by atoms with van der Waals surface area (Å²) in [5, 5.41) is 13.5. The average molecular weight is 490 g/mol. The van der Waals surface area contributed by atoms with E-state index in [1.54, 1.807) is 0 Å². The first-order chi connectivity index (χ1) is 15.6. The van der Waals surface area contributed by atoms with Gasteiger partial charge in [-0.1, -0.05) is 23.2 Å². The number of nitrogens with two attached hydrogens (primary N) is 1. The monoisotopic (exact) mass is 489 g/mol. The third-order valence-electron chi connectivity index (χ3n) is 4.46. The summed E-state index contributed by atoms with van der Waals surface area (Å²) in [6.45, 7) is 1.49. The first kappa shape index (κ1) is 23.9. The number of halogens is 4. The Morgan fingerprint density at radius 1 is 1.09 bits per heavy atom. The van der Waals surface area contributed by atoms with E-state index in [1.165, 1.54) is 31.3 Å². The normalized spacial score (nSPS) is 11.4. The third-order valence-corrected chi connectivity index (χ3v) is 5.06. The van der Waals surface area contributed by atoms with Crippen molar-refractivity contribution in [1.29, 1.82) is 5.26 Å². The maximum Gasteiger partial charge on any atom is 0.272 e. The maximum absolute atomic E-state index is 14.7. The number of aromatic nitrogens is 1. The van der Waals surface area contributed by atoms with Crippen LogP contribution in [-0.4, -0.2) is 22.8 Å². The van der Waals surface area contributed by atoms with E-state index < -0.39 is 29.5 Å². The average Bonchev–Trinajstić information content (AvgIpc) is 2.75. The van der Waals surface area contributed by atoms with E-state index >= 15 is 0 Å². The molecule has 0 saturated carbocycles. The zero-order chi connectivity index (χ0) is 24.3. The quantitative estimate of drug-likeness (QED) is 0.444.